The number of nitrogen functional groups attached to an aromatic ring is 1. The number of nitrogens with zero attached hydrogens (tertiary/aromatic N) is 4. The molecule has 1 aliphatic rings. The summed E-state index contributed by atoms with van der Waals surface area (Å²) in [5.41, 5.74) is 12.0. The van der Waals surface area contributed by atoms with E-state index in [1.807, 2.05) is 0 Å². The van der Waals surface area contributed by atoms with Crippen LogP contribution >= 0.6 is 11.8 Å². The highest BCUT2D eigenvalue weighted by Crippen LogP contribution is 2.32. The Kier molecular flexibility index (Phi) is 5.46. The lowest BCUT2D eigenvalue weighted by Crippen LogP contribution is -2.54. The molecule has 0 spiro atoms. The molecule has 1 fully saturated rings. The molecule has 5 unspecified atom stereocenters. The van der Waals surface area contributed by atoms with Crippen LogP contribution in [0.3, 0.4) is 0 Å². The number of carbonyl (C=O) groups is 2. The summed E-state index contributed by atoms with van der Waals surface area (Å²) in [5.74, 6) is -1.43. The fraction of sp³-hybridized carbons (Fsp3) is 0.500. The summed E-state index contributed by atoms with van der Waals surface area (Å²) in [5, 5.41) is 22.6. The first-order valence-electron chi connectivity index (χ1n) is 7.89. The van der Waals surface area contributed by atoms with Crippen molar-refractivity contribution < 1.29 is 24.5 Å². The second-order valence-corrected chi connectivity index (χ2v) is 6.87. The Morgan fingerprint density at radius 1 is 1.44 bits per heavy atom. The summed E-state index contributed by atoms with van der Waals surface area (Å²) in [6, 6.07) is -2.05. The van der Waals surface area contributed by atoms with E-state index in [-0.39, 0.29) is 17.0 Å². The van der Waals surface area contributed by atoms with Gasteiger partial charge in [-0.05, 0) is 6.26 Å². The maximum Gasteiger partial charge on any atom is 0.335 e. The molecule has 3 heterocycles. The molecule has 0 radical (unpaired) electrons. The zero-order valence-corrected chi connectivity index (χ0v) is 15.0. The number of aliphatic carboxylic acids is 1. The number of rotatable bonds is 6. The van der Waals surface area contributed by atoms with Crippen LogP contribution in [0.5, 0.6) is 0 Å². The molecule has 0 aromatic carbocycles. The van der Waals surface area contributed by atoms with Crippen LogP contribution in [0.25, 0.3) is 11.2 Å². The average Bonchev–Trinajstić information content (AvgIpc) is 3.18. The number of carbonyl (C=O) groups excluding carboxylic acids is 1. The number of nitrogens with one attached hydrogen (secondary N) is 1. The number of amides is 1. The molecule has 7 N–H and O–H groups in total. The maximum absolute atomic E-state index is 12.2. The lowest BCUT2D eigenvalue weighted by molar-refractivity contribution is -0.152. The van der Waals surface area contributed by atoms with Crippen molar-refractivity contribution in [2.24, 2.45) is 5.73 Å². The Balaban J connectivity index is 1.89. The SMILES string of the molecule is CSCC(N)C(=O)NC1C(C(=O)O)OC(n2cnc3c(N)ncnc32)C1O. The fourth-order valence-electron chi connectivity index (χ4n) is 2.86. The molecule has 146 valence electrons. The van der Waals surface area contributed by atoms with Crippen molar-refractivity contribution in [1.82, 2.24) is 24.8 Å². The number of hydrogen-bond donors (Lipinski definition) is 5. The number of thioether (sulfide) groups is 1. The Morgan fingerprint density at radius 3 is 2.85 bits per heavy atom. The lowest BCUT2D eigenvalue weighted by atomic mass is 10.1. The highest BCUT2D eigenvalue weighted by molar-refractivity contribution is 7.98. The van der Waals surface area contributed by atoms with Gasteiger partial charge >= 0.3 is 5.97 Å². The highest BCUT2D eigenvalue weighted by Gasteiger charge is 2.49. The molecule has 1 aliphatic heterocycles. The van der Waals surface area contributed by atoms with Crippen LogP contribution in [0, 0.1) is 0 Å². The summed E-state index contributed by atoms with van der Waals surface area (Å²) in [4.78, 5) is 35.7. The second kappa shape index (κ2) is 7.64. The van der Waals surface area contributed by atoms with Gasteiger partial charge in [0, 0.05) is 5.75 Å². The van der Waals surface area contributed by atoms with Crippen LogP contribution < -0.4 is 16.8 Å². The predicted molar refractivity (Wildman–Crippen MR) is 95.6 cm³/mol. The molecular formula is C14H19N7O5S. The van der Waals surface area contributed by atoms with Crippen LogP contribution in [-0.2, 0) is 14.3 Å². The first kappa shape index (κ1) is 19.3. The largest absolute Gasteiger partial charge is 0.479 e. The number of anilines is 1. The van der Waals surface area contributed by atoms with Crippen LogP contribution in [0.4, 0.5) is 5.82 Å². The van der Waals surface area contributed by atoms with Gasteiger partial charge in [-0.15, -0.1) is 0 Å². The number of aliphatic hydroxyl groups is 1. The predicted octanol–water partition coefficient (Wildman–Crippen LogP) is -2.07. The Hall–Kier alpha value is -2.48. The van der Waals surface area contributed by atoms with Gasteiger partial charge in [-0.2, -0.15) is 11.8 Å². The van der Waals surface area contributed by atoms with Crippen molar-refractivity contribution in [2.75, 3.05) is 17.7 Å². The van der Waals surface area contributed by atoms with E-state index in [4.69, 9.17) is 16.2 Å². The zero-order chi connectivity index (χ0) is 19.7. The Labute approximate surface area is 157 Å². The molecule has 2 aromatic heterocycles. The normalized spacial score (nSPS) is 26.2. The standard InChI is InChI=1S/C14H19N7O5S/c1-27-2-5(15)12(23)20-6-8(22)13(26-9(6)14(24)25)21-4-19-7-10(16)17-3-18-11(7)21/h3-6,8-9,13,22H,2,15H2,1H3,(H,20,23)(H,24,25)(H2,16,17,18). The molecule has 0 aliphatic carbocycles. The minimum Gasteiger partial charge on any atom is -0.479 e. The van der Waals surface area contributed by atoms with Crippen molar-refractivity contribution in [1.29, 1.82) is 0 Å². The van der Waals surface area contributed by atoms with E-state index in [1.54, 1.807) is 6.26 Å². The van der Waals surface area contributed by atoms with Crippen LogP contribution in [-0.4, -0.2) is 77.9 Å². The molecule has 1 saturated heterocycles. The van der Waals surface area contributed by atoms with Gasteiger partial charge in [0.25, 0.3) is 0 Å². The summed E-state index contributed by atoms with van der Waals surface area (Å²) in [6.45, 7) is 0. The quantitative estimate of drug-likeness (QED) is 0.359. The van der Waals surface area contributed by atoms with E-state index in [0.717, 1.165) is 0 Å². The molecule has 1 amide bonds. The lowest BCUT2D eigenvalue weighted by Gasteiger charge is -2.21. The number of imidazole rings is 1. The first-order chi connectivity index (χ1) is 12.8. The Morgan fingerprint density at radius 2 is 2.19 bits per heavy atom. The second-order valence-electron chi connectivity index (χ2n) is 5.96. The number of carboxylic acids is 1. The van der Waals surface area contributed by atoms with Gasteiger partial charge in [-0.3, -0.25) is 9.36 Å². The number of ether oxygens (including phenoxy) is 1. The number of aromatic nitrogens is 4. The molecular weight excluding hydrogens is 378 g/mol. The van der Waals surface area contributed by atoms with Crippen molar-refractivity contribution >= 4 is 40.6 Å². The van der Waals surface area contributed by atoms with Gasteiger partial charge in [-0.1, -0.05) is 0 Å². The summed E-state index contributed by atoms with van der Waals surface area (Å²) in [7, 11) is 0. The third-order valence-electron chi connectivity index (χ3n) is 4.17. The van der Waals surface area contributed by atoms with Crippen molar-refractivity contribution in [3.63, 3.8) is 0 Å². The van der Waals surface area contributed by atoms with E-state index in [0.29, 0.717) is 5.75 Å². The van der Waals surface area contributed by atoms with Gasteiger partial charge in [0.05, 0.1) is 18.4 Å². The maximum atomic E-state index is 12.2. The van der Waals surface area contributed by atoms with Gasteiger partial charge in [-0.25, -0.2) is 19.7 Å². The minimum absolute atomic E-state index is 0.133. The van der Waals surface area contributed by atoms with Crippen LogP contribution in [0.15, 0.2) is 12.7 Å². The molecule has 5 atom stereocenters. The van der Waals surface area contributed by atoms with E-state index in [9.17, 15) is 19.8 Å². The average molecular weight is 397 g/mol. The monoisotopic (exact) mass is 397 g/mol. The van der Waals surface area contributed by atoms with Crippen LogP contribution in [0.2, 0.25) is 0 Å². The van der Waals surface area contributed by atoms with E-state index in [2.05, 4.69) is 20.3 Å². The van der Waals surface area contributed by atoms with Crippen molar-refractivity contribution in [3.8, 4) is 0 Å². The van der Waals surface area contributed by atoms with Crippen LogP contribution in [0.1, 0.15) is 6.23 Å². The molecule has 3 rings (SSSR count). The zero-order valence-electron chi connectivity index (χ0n) is 14.2. The fourth-order valence-corrected chi connectivity index (χ4v) is 3.37. The van der Waals surface area contributed by atoms with E-state index < -0.39 is 42.4 Å². The smallest absolute Gasteiger partial charge is 0.335 e. The summed E-state index contributed by atoms with van der Waals surface area (Å²) >= 11 is 1.37. The highest BCUT2D eigenvalue weighted by atomic mass is 32.2. The number of nitrogens with two attached hydrogens (primary N) is 2. The molecule has 2 aromatic rings. The summed E-state index contributed by atoms with van der Waals surface area (Å²) in [6.07, 6.45) is 0.303. The number of hydrogen-bond acceptors (Lipinski definition) is 10. The number of fused-ring (bicyclic) bond motifs is 1. The molecule has 12 nitrogen and oxygen atoms in total. The topological polar surface area (TPSA) is 191 Å². The molecule has 27 heavy (non-hydrogen) atoms. The van der Waals surface area contributed by atoms with Gasteiger partial charge in [0.15, 0.2) is 23.8 Å². The Bertz CT molecular complexity index is 861. The van der Waals surface area contributed by atoms with Crippen molar-refractivity contribution in [2.45, 2.75) is 30.5 Å². The first-order valence-corrected chi connectivity index (χ1v) is 9.28. The third kappa shape index (κ3) is 3.53. The minimum atomic E-state index is -1.48. The van der Waals surface area contributed by atoms with Gasteiger partial charge < -0.3 is 31.7 Å². The van der Waals surface area contributed by atoms with Gasteiger partial charge in [0.2, 0.25) is 5.91 Å². The van der Waals surface area contributed by atoms with E-state index >= 15 is 0 Å². The van der Waals surface area contributed by atoms with E-state index in [1.165, 1.54) is 29.0 Å². The molecule has 13 heteroatoms. The molecule has 0 bridgehead atoms. The molecule has 0 saturated carbocycles. The summed E-state index contributed by atoms with van der Waals surface area (Å²) < 4.78 is 6.84. The van der Waals surface area contributed by atoms with Gasteiger partial charge in [0.1, 0.15) is 17.9 Å². The number of carboxylic acid groups (broad SMARTS) is 1. The van der Waals surface area contributed by atoms with Crippen molar-refractivity contribution in [3.05, 3.63) is 12.7 Å². The number of aliphatic hydroxyl groups excluding tert-OH is 1. The third-order valence-corrected chi connectivity index (χ3v) is 4.86.